The van der Waals surface area contributed by atoms with Gasteiger partial charge in [0.25, 0.3) is 0 Å². The average molecular weight is 775 g/mol. The number of carboxylic acid groups (broad SMARTS) is 1. The Bertz CT molecular complexity index is 2420. The first-order chi connectivity index (χ1) is 27.4. The van der Waals surface area contributed by atoms with Crippen molar-refractivity contribution in [3.63, 3.8) is 0 Å². The van der Waals surface area contributed by atoms with Crippen LogP contribution in [0.2, 0.25) is 0 Å². The minimum atomic E-state index is -1.20. The Hall–Kier alpha value is -5.66. The number of rotatable bonds is 11. The van der Waals surface area contributed by atoms with Gasteiger partial charge in [-0.1, -0.05) is 58.0 Å². The Morgan fingerprint density at radius 1 is 0.754 bits per heavy atom. The Kier molecular flexibility index (Phi) is 9.12. The molecule has 298 valence electrons. The van der Waals surface area contributed by atoms with Crippen LogP contribution in [-0.2, 0) is 27.2 Å². The number of piperidine rings is 2. The average Bonchev–Trinajstić information content (AvgIpc) is 3.84. The molecule has 0 unspecified atom stereocenters. The van der Waals surface area contributed by atoms with Gasteiger partial charge in [0, 0.05) is 17.5 Å². The number of imidazole rings is 2. The van der Waals surface area contributed by atoms with Crippen LogP contribution in [0.1, 0.15) is 88.2 Å². The number of hydrogen-bond acceptors (Lipinski definition) is 7. The molecule has 5 aromatic rings. The van der Waals surface area contributed by atoms with Crippen molar-refractivity contribution in [1.29, 1.82) is 0 Å². The van der Waals surface area contributed by atoms with Crippen LogP contribution in [0.25, 0.3) is 32.8 Å². The lowest BCUT2D eigenvalue weighted by atomic mass is 10.0. The highest BCUT2D eigenvalue weighted by molar-refractivity contribution is 6.04. The molecule has 2 saturated carbocycles. The van der Waals surface area contributed by atoms with Gasteiger partial charge in [0.05, 0.1) is 41.3 Å². The van der Waals surface area contributed by atoms with Gasteiger partial charge in [0.15, 0.2) is 0 Å². The summed E-state index contributed by atoms with van der Waals surface area (Å²) in [5.74, 6) is 1.85. The van der Waals surface area contributed by atoms with E-state index < -0.39 is 24.3 Å². The summed E-state index contributed by atoms with van der Waals surface area (Å²) >= 11 is 0. The van der Waals surface area contributed by atoms with Gasteiger partial charge in [-0.3, -0.25) is 9.59 Å². The van der Waals surface area contributed by atoms with Crippen LogP contribution in [0.15, 0.2) is 48.5 Å². The minimum absolute atomic E-state index is 0.0913. The zero-order chi connectivity index (χ0) is 39.9. The minimum Gasteiger partial charge on any atom is -0.465 e. The van der Waals surface area contributed by atoms with E-state index in [-0.39, 0.29) is 47.8 Å². The number of aromatic nitrogens is 4. The summed E-state index contributed by atoms with van der Waals surface area (Å²) in [5.41, 5.74) is 5.96. The second-order valence-electron chi connectivity index (χ2n) is 17.3. The number of likely N-dealkylation sites (tertiary alicyclic amines) is 2. The summed E-state index contributed by atoms with van der Waals surface area (Å²) in [6.45, 7) is 7.57. The second-order valence-corrected chi connectivity index (χ2v) is 17.3. The number of benzene rings is 3. The van der Waals surface area contributed by atoms with Crippen molar-refractivity contribution in [3.05, 3.63) is 71.3 Å². The van der Waals surface area contributed by atoms with E-state index in [1.165, 1.54) is 18.2 Å². The van der Waals surface area contributed by atoms with Crippen LogP contribution in [0.3, 0.4) is 0 Å². The monoisotopic (exact) mass is 774 g/mol. The number of H-pyrrole nitrogens is 2. The molecule has 2 aliphatic carbocycles. The number of methoxy groups -OCH3 is 1. The smallest absolute Gasteiger partial charge is 0.407 e. The van der Waals surface area contributed by atoms with E-state index in [0.717, 1.165) is 83.0 Å². The fourth-order valence-corrected chi connectivity index (χ4v) is 9.57. The van der Waals surface area contributed by atoms with Crippen LogP contribution in [0, 0.1) is 23.7 Å². The van der Waals surface area contributed by atoms with Crippen LogP contribution < -0.4 is 10.6 Å². The fourth-order valence-electron chi connectivity index (χ4n) is 9.57. The second kappa shape index (κ2) is 14.1. The van der Waals surface area contributed by atoms with Crippen molar-refractivity contribution in [3.8, 4) is 0 Å². The quantitative estimate of drug-likeness (QED) is 0.102. The highest BCUT2D eigenvalue weighted by Gasteiger charge is 2.57. The first kappa shape index (κ1) is 36.9. The molecule has 3 aromatic carbocycles. The van der Waals surface area contributed by atoms with Gasteiger partial charge >= 0.3 is 12.2 Å². The third-order valence-electron chi connectivity index (χ3n) is 12.8. The number of ether oxygens (including phenoxy) is 1. The number of carbonyl (C=O) groups excluding carboxylic acids is 3. The number of fused-ring (bicyclic) bond motifs is 6. The topological polar surface area (TPSA) is 186 Å². The van der Waals surface area contributed by atoms with Crippen molar-refractivity contribution < 1.29 is 29.0 Å². The Labute approximate surface area is 330 Å². The van der Waals surface area contributed by atoms with E-state index in [0.29, 0.717) is 11.8 Å². The van der Waals surface area contributed by atoms with Gasteiger partial charge in [-0.15, -0.1) is 0 Å². The highest BCUT2D eigenvalue weighted by atomic mass is 16.5. The molecule has 5 N–H and O–H groups in total. The summed E-state index contributed by atoms with van der Waals surface area (Å²) < 4.78 is 4.81. The van der Waals surface area contributed by atoms with Crippen LogP contribution >= 0.6 is 0 Å². The van der Waals surface area contributed by atoms with E-state index >= 15 is 0 Å². The molecule has 0 bridgehead atoms. The molecular formula is C43H50N8O6. The lowest BCUT2D eigenvalue weighted by molar-refractivity contribution is -0.137. The van der Waals surface area contributed by atoms with Crippen molar-refractivity contribution in [1.82, 2.24) is 40.4 Å². The summed E-state index contributed by atoms with van der Waals surface area (Å²) in [6.07, 6.45) is 3.46. The van der Waals surface area contributed by atoms with Crippen LogP contribution in [0.5, 0.6) is 0 Å². The number of alkyl carbamates (subject to hydrolysis) is 1. The predicted octanol–water partition coefficient (Wildman–Crippen LogP) is 6.37. The first-order valence-corrected chi connectivity index (χ1v) is 20.3. The first-order valence-electron chi connectivity index (χ1n) is 20.3. The number of amides is 4. The van der Waals surface area contributed by atoms with Gasteiger partial charge in [-0.2, -0.15) is 0 Å². The van der Waals surface area contributed by atoms with E-state index in [1.807, 2.05) is 43.6 Å². The van der Waals surface area contributed by atoms with Gasteiger partial charge in [0.2, 0.25) is 11.8 Å². The van der Waals surface area contributed by atoms with E-state index in [2.05, 4.69) is 63.1 Å². The summed E-state index contributed by atoms with van der Waals surface area (Å²) in [5, 5.41) is 16.8. The molecule has 2 aliphatic heterocycles. The molecule has 4 heterocycles. The van der Waals surface area contributed by atoms with E-state index in [4.69, 9.17) is 14.7 Å². The Morgan fingerprint density at radius 3 is 1.95 bits per heavy atom. The van der Waals surface area contributed by atoms with Crippen molar-refractivity contribution in [2.75, 3.05) is 7.11 Å². The van der Waals surface area contributed by atoms with Gasteiger partial charge in [0.1, 0.15) is 23.7 Å². The lowest BCUT2D eigenvalue weighted by Crippen LogP contribution is -2.52. The molecule has 4 aliphatic rings. The molecule has 8 atom stereocenters. The number of hydrogen-bond donors (Lipinski definition) is 5. The van der Waals surface area contributed by atoms with E-state index in [1.54, 1.807) is 0 Å². The number of aryl methyl sites for hydroxylation is 2. The molecule has 2 aromatic heterocycles. The largest absolute Gasteiger partial charge is 0.465 e. The van der Waals surface area contributed by atoms with Crippen molar-refractivity contribution in [2.24, 2.45) is 23.7 Å². The fraction of sp³-hybridized carbons (Fsp3) is 0.488. The molecule has 4 fully saturated rings. The van der Waals surface area contributed by atoms with Crippen molar-refractivity contribution >= 4 is 56.8 Å². The summed E-state index contributed by atoms with van der Waals surface area (Å²) in [7, 11) is 1.30. The van der Waals surface area contributed by atoms with Crippen LogP contribution in [0.4, 0.5) is 9.59 Å². The lowest BCUT2D eigenvalue weighted by Gasteiger charge is -2.31. The zero-order valence-electron chi connectivity index (χ0n) is 32.9. The summed E-state index contributed by atoms with van der Waals surface area (Å²) in [4.78, 5) is 72.0. The molecule has 4 amide bonds. The van der Waals surface area contributed by atoms with Gasteiger partial charge in [-0.25, -0.2) is 19.6 Å². The number of carbonyl (C=O) groups is 4. The third-order valence-corrected chi connectivity index (χ3v) is 12.8. The molecule has 57 heavy (non-hydrogen) atoms. The maximum atomic E-state index is 13.8. The molecule has 14 heteroatoms. The Morgan fingerprint density at radius 2 is 1.33 bits per heavy atom. The normalized spacial score (nSPS) is 24.5. The zero-order valence-corrected chi connectivity index (χ0v) is 32.9. The molecule has 0 radical (unpaired) electrons. The highest BCUT2D eigenvalue weighted by Crippen LogP contribution is 2.54. The predicted molar refractivity (Wildman–Crippen MR) is 213 cm³/mol. The molecule has 2 saturated heterocycles. The van der Waals surface area contributed by atoms with Gasteiger partial charge < -0.3 is 40.2 Å². The molecule has 14 nitrogen and oxygen atoms in total. The number of nitrogens with zero attached hydrogens (tertiary/aromatic N) is 4. The maximum absolute atomic E-state index is 13.8. The number of nitrogens with one attached hydrogen (secondary N) is 4. The molecule has 9 rings (SSSR count). The van der Waals surface area contributed by atoms with E-state index in [9.17, 15) is 24.3 Å². The summed E-state index contributed by atoms with van der Waals surface area (Å²) in [6, 6.07) is 15.4. The van der Waals surface area contributed by atoms with Gasteiger partial charge in [-0.05, 0) is 96.9 Å². The Balaban J connectivity index is 0.899. The van der Waals surface area contributed by atoms with Crippen molar-refractivity contribution in [2.45, 2.75) is 102 Å². The SMILES string of the molecule is COC(=O)N[C@H](C(=O)N1[C@@H]2C[C@H]2C[C@H]1c1nc2cc(CCc3ccc4c(ccc5nc([C@@H]6C[C@H]7C[C@H]7N6C(=O)[C@@H](NC(=O)O)C(C)C)[nH]c54)c3)ccc2[nH]1)C(C)C. The molecule has 0 spiro atoms. The number of aromatic amines is 2. The third kappa shape index (κ3) is 6.72. The maximum Gasteiger partial charge on any atom is 0.407 e. The standard InChI is InChI=1S/C43H50N8O6/c1-20(2)35(48-42(54)55)40(52)51-32-17-26(32)19-34(51)39-45-29-13-10-24-14-22(8-11-27(24)37(29)47-39)6-7-23-9-12-28-30(15-23)46-38(44-28)33-18-25-16-31(25)50(33)41(53)36(21(3)4)49-43(56)57-5/h8-15,20-21,25-26,31-36,48H,6-7,16-19H2,1-5H3,(H,44,46)(H,45,47)(H,49,56)(H,54,55)/t25-,26+,31+,32+,33-,34-,35-,36-/m0/s1. The van der Waals surface area contributed by atoms with Crippen LogP contribution in [-0.4, -0.2) is 90.1 Å². The molecular weight excluding hydrogens is 725 g/mol.